The van der Waals surface area contributed by atoms with Gasteiger partial charge in [0.25, 0.3) is 0 Å². The number of aliphatic hydroxyl groups is 1. The fraction of sp³-hybridized carbons (Fsp3) is 0.738. The Balaban J connectivity index is 2.28. The molecule has 0 spiro atoms. The summed E-state index contributed by atoms with van der Waals surface area (Å²) < 4.78 is 17.1. The van der Waals surface area contributed by atoms with Gasteiger partial charge in [0.05, 0.1) is 55.4 Å². The summed E-state index contributed by atoms with van der Waals surface area (Å²) >= 11 is 0. The number of carbonyl (C=O) groups is 5. The van der Waals surface area contributed by atoms with Crippen LogP contribution in [0.25, 0.3) is 0 Å². The van der Waals surface area contributed by atoms with Crippen LogP contribution in [0.2, 0.25) is 0 Å². The lowest BCUT2D eigenvalue weighted by atomic mass is 9.89. The Bertz CT molecular complexity index is 1410. The third kappa shape index (κ3) is 12.4. The molecule has 0 unspecified atom stereocenters. The maximum Gasteiger partial charge on any atom is 0.410 e. The molecule has 0 radical (unpaired) electrons. The molecule has 1 saturated heterocycles. The monoisotopic (exact) mass is 790 g/mol. The van der Waals surface area contributed by atoms with E-state index in [1.54, 1.807) is 37.6 Å². The Hall–Kier alpha value is -3.75. The molecule has 1 aliphatic heterocycles. The van der Waals surface area contributed by atoms with Gasteiger partial charge >= 0.3 is 6.09 Å². The number of hydrogen-bond acceptors (Lipinski definition) is 9. The van der Waals surface area contributed by atoms with Crippen molar-refractivity contribution in [2.45, 2.75) is 137 Å². The summed E-state index contributed by atoms with van der Waals surface area (Å²) in [4.78, 5) is 72.9. The number of amides is 5. The molecule has 14 nitrogen and oxygen atoms in total. The third-order valence-corrected chi connectivity index (χ3v) is 11.3. The maximum absolute atomic E-state index is 14.3. The first-order chi connectivity index (χ1) is 26.4. The fourth-order valence-corrected chi connectivity index (χ4v) is 7.92. The lowest BCUT2D eigenvalue weighted by molar-refractivity contribution is -0.148. The van der Waals surface area contributed by atoms with Gasteiger partial charge < -0.3 is 39.8 Å². The highest BCUT2D eigenvalue weighted by atomic mass is 16.6. The Morgan fingerprint density at radius 1 is 0.875 bits per heavy atom. The molecule has 318 valence electrons. The number of hydrogen-bond donors (Lipinski definition) is 3. The largest absolute Gasteiger partial charge is 0.450 e. The summed E-state index contributed by atoms with van der Waals surface area (Å²) in [6.45, 7) is 17.2. The molecule has 0 aliphatic carbocycles. The van der Waals surface area contributed by atoms with Crippen molar-refractivity contribution in [3.63, 3.8) is 0 Å². The maximum atomic E-state index is 14.3. The molecule has 1 fully saturated rings. The van der Waals surface area contributed by atoms with Crippen LogP contribution in [0.1, 0.15) is 99.7 Å². The average molecular weight is 790 g/mol. The first-order valence-electron chi connectivity index (χ1n) is 20.2. The Morgan fingerprint density at radius 3 is 2.02 bits per heavy atom. The van der Waals surface area contributed by atoms with E-state index >= 15 is 0 Å². The Morgan fingerprint density at radius 2 is 1.50 bits per heavy atom. The Labute approximate surface area is 335 Å². The molecular formula is C42H71N5O9. The lowest BCUT2D eigenvalue weighted by Crippen LogP contribution is -2.60. The van der Waals surface area contributed by atoms with Crippen molar-refractivity contribution in [2.24, 2.45) is 23.7 Å². The van der Waals surface area contributed by atoms with Crippen molar-refractivity contribution in [1.29, 1.82) is 0 Å². The molecule has 56 heavy (non-hydrogen) atoms. The van der Waals surface area contributed by atoms with E-state index in [1.807, 2.05) is 71.9 Å². The van der Waals surface area contributed by atoms with Crippen LogP contribution in [0.5, 0.6) is 0 Å². The van der Waals surface area contributed by atoms with E-state index in [0.717, 1.165) is 6.42 Å². The van der Waals surface area contributed by atoms with Gasteiger partial charge in [0.15, 0.2) is 0 Å². The van der Waals surface area contributed by atoms with E-state index in [2.05, 4.69) is 10.6 Å². The van der Waals surface area contributed by atoms with Gasteiger partial charge in [-0.05, 0) is 50.0 Å². The van der Waals surface area contributed by atoms with E-state index < -0.39 is 60.4 Å². The number of likely N-dealkylation sites (N-methyl/N-ethyl adjacent to an activating group) is 2. The molecule has 1 aliphatic rings. The van der Waals surface area contributed by atoms with E-state index in [-0.39, 0.29) is 54.5 Å². The zero-order valence-electron chi connectivity index (χ0n) is 36.1. The number of likely N-dealkylation sites (tertiary alicyclic amines) is 1. The minimum atomic E-state index is -0.918. The SMILES string of the molecule is CCOC(=O)N(C)[C@H](C(=O)N[C@H](C(=O)N(C)[C@@H]([C@@H](C)CC)[C@@H](CC(=O)N1CCC[C@H]1[C@H](OC)[C@@H](C)C(=O)N[C@@H](C)[C@H](O)c1ccccc1)OC)C(C)C)C(C)C. The zero-order chi connectivity index (χ0) is 42.4. The number of carbonyl (C=O) groups excluding carboxylic acids is 5. The van der Waals surface area contributed by atoms with E-state index in [9.17, 15) is 29.1 Å². The molecule has 14 heteroatoms. The first-order valence-corrected chi connectivity index (χ1v) is 20.2. The van der Waals surface area contributed by atoms with Crippen molar-refractivity contribution in [1.82, 2.24) is 25.3 Å². The molecule has 0 bridgehead atoms. The molecular weight excluding hydrogens is 718 g/mol. The zero-order valence-corrected chi connectivity index (χ0v) is 36.1. The quantitative estimate of drug-likeness (QED) is 0.164. The highest BCUT2D eigenvalue weighted by Gasteiger charge is 2.43. The topological polar surface area (TPSA) is 167 Å². The number of nitrogens with zero attached hydrogens (tertiary/aromatic N) is 3. The predicted octanol–water partition coefficient (Wildman–Crippen LogP) is 4.40. The second kappa shape index (κ2) is 22.9. The molecule has 1 aromatic rings. The Kier molecular flexibility index (Phi) is 19.8. The number of methoxy groups -OCH3 is 2. The van der Waals surface area contributed by atoms with Crippen LogP contribution in [0, 0.1) is 23.7 Å². The smallest absolute Gasteiger partial charge is 0.410 e. The molecule has 1 aromatic carbocycles. The van der Waals surface area contributed by atoms with E-state index in [1.165, 1.54) is 26.2 Å². The minimum Gasteiger partial charge on any atom is -0.450 e. The van der Waals surface area contributed by atoms with Gasteiger partial charge in [-0.1, -0.05) is 85.2 Å². The lowest BCUT2D eigenvalue weighted by Gasteiger charge is -2.41. The van der Waals surface area contributed by atoms with Gasteiger partial charge in [0.2, 0.25) is 23.6 Å². The second-order valence-electron chi connectivity index (χ2n) is 16.0. The number of ether oxygens (including phenoxy) is 3. The molecule has 0 saturated carbocycles. The summed E-state index contributed by atoms with van der Waals surface area (Å²) in [7, 11) is 6.26. The van der Waals surface area contributed by atoms with Crippen molar-refractivity contribution < 1.29 is 43.3 Å². The van der Waals surface area contributed by atoms with Gasteiger partial charge in [-0.15, -0.1) is 0 Å². The highest BCUT2D eigenvalue weighted by molar-refractivity contribution is 5.91. The van der Waals surface area contributed by atoms with Crippen molar-refractivity contribution in [3.8, 4) is 0 Å². The van der Waals surface area contributed by atoms with Crippen LogP contribution in [-0.2, 0) is 33.4 Å². The van der Waals surface area contributed by atoms with Gasteiger partial charge in [0, 0.05) is 34.9 Å². The standard InChI is InChI=1S/C42H71N5O9/c1-14-27(7)36(45(10)41(52)34(25(3)4)44-40(51)35(26(5)6)46(11)42(53)56-15-2)32(54-12)24-33(48)47-23-19-22-31(47)38(55-13)28(8)39(50)43-29(9)37(49)30-20-17-16-18-21-30/h16-18,20-21,25-29,31-32,34-38,49H,14-15,19,22-24H2,1-13H3,(H,43,50)(H,44,51)/t27-,28+,29-,31-,32+,34-,35-,36-,37-,38+/m0/s1. The molecule has 0 aromatic heterocycles. The number of rotatable bonds is 21. The van der Waals surface area contributed by atoms with Crippen molar-refractivity contribution in [3.05, 3.63) is 35.9 Å². The van der Waals surface area contributed by atoms with Crippen LogP contribution in [0.3, 0.4) is 0 Å². The summed E-state index contributed by atoms with van der Waals surface area (Å²) in [5, 5.41) is 16.7. The molecule has 3 N–H and O–H groups in total. The van der Waals surface area contributed by atoms with Crippen molar-refractivity contribution >= 4 is 29.7 Å². The van der Waals surface area contributed by atoms with E-state index in [4.69, 9.17) is 14.2 Å². The van der Waals surface area contributed by atoms with Gasteiger partial charge in [-0.2, -0.15) is 0 Å². The van der Waals surface area contributed by atoms with E-state index in [0.29, 0.717) is 24.9 Å². The van der Waals surface area contributed by atoms with Crippen molar-refractivity contribution in [2.75, 3.05) is 41.5 Å². The summed E-state index contributed by atoms with van der Waals surface area (Å²) in [6, 6.07) is 5.90. The van der Waals surface area contributed by atoms with Crippen LogP contribution in [-0.4, -0.2) is 133 Å². The summed E-state index contributed by atoms with van der Waals surface area (Å²) in [5.74, 6) is -2.53. The number of aliphatic hydroxyl groups excluding tert-OH is 1. The average Bonchev–Trinajstić information content (AvgIpc) is 3.65. The third-order valence-electron chi connectivity index (χ3n) is 11.3. The molecule has 5 amide bonds. The van der Waals surface area contributed by atoms with Gasteiger partial charge in [-0.25, -0.2) is 4.79 Å². The predicted molar refractivity (Wildman–Crippen MR) is 215 cm³/mol. The summed E-state index contributed by atoms with van der Waals surface area (Å²) in [5.41, 5.74) is 0.697. The second-order valence-corrected chi connectivity index (χ2v) is 16.0. The van der Waals surface area contributed by atoms with Gasteiger partial charge in [-0.3, -0.25) is 24.1 Å². The van der Waals surface area contributed by atoms with Crippen LogP contribution >= 0.6 is 0 Å². The summed E-state index contributed by atoms with van der Waals surface area (Å²) in [6.07, 6.45) is -0.757. The number of benzene rings is 1. The van der Waals surface area contributed by atoms with Crippen LogP contribution in [0.15, 0.2) is 30.3 Å². The normalized spacial score (nSPS) is 19.2. The van der Waals surface area contributed by atoms with Crippen LogP contribution in [0.4, 0.5) is 4.79 Å². The fourth-order valence-electron chi connectivity index (χ4n) is 7.92. The molecule has 1 heterocycles. The number of nitrogens with one attached hydrogen (secondary N) is 2. The molecule has 2 rings (SSSR count). The van der Waals surface area contributed by atoms with Gasteiger partial charge in [0.1, 0.15) is 12.1 Å². The molecule has 10 atom stereocenters. The highest BCUT2D eigenvalue weighted by Crippen LogP contribution is 2.30. The van der Waals surface area contributed by atoms with Crippen LogP contribution < -0.4 is 10.6 Å². The first kappa shape index (κ1) is 48.4. The minimum absolute atomic E-state index is 0.0184.